The number of nitro groups is 1. The van der Waals surface area contributed by atoms with Crippen LogP contribution < -0.4 is 10.2 Å². The van der Waals surface area contributed by atoms with Gasteiger partial charge < -0.3 is 15.0 Å². The average Bonchev–Trinajstić information content (AvgIpc) is 2.66. The smallest absolute Gasteiger partial charge is 0.341 e. The molecule has 1 saturated heterocycles. The summed E-state index contributed by atoms with van der Waals surface area (Å²) in [5.41, 5.74) is 0.559. The molecule has 1 aromatic rings. The lowest BCUT2D eigenvalue weighted by molar-refractivity contribution is -0.384. The Hall–Kier alpha value is -2.64. The van der Waals surface area contributed by atoms with Crippen LogP contribution in [-0.4, -0.2) is 43.0 Å². The Kier molecular flexibility index (Phi) is 7.78. The molecule has 1 amide bonds. The highest BCUT2D eigenvalue weighted by Gasteiger charge is 2.24. The van der Waals surface area contributed by atoms with E-state index in [1.807, 2.05) is 4.90 Å². The van der Waals surface area contributed by atoms with E-state index in [4.69, 9.17) is 4.74 Å². The summed E-state index contributed by atoms with van der Waals surface area (Å²) in [6.45, 7) is 7.94. The summed E-state index contributed by atoms with van der Waals surface area (Å²) >= 11 is 0. The SMILES string of the molecule is CC(C)CCNC(=O)COC(=O)c1cc([N+](=O)[O-])ccc1N1CCC(C)CC1. The molecule has 2 rings (SSSR count). The Morgan fingerprint density at radius 2 is 2.00 bits per heavy atom. The van der Waals surface area contributed by atoms with Crippen LogP contribution in [-0.2, 0) is 9.53 Å². The van der Waals surface area contributed by atoms with Gasteiger partial charge in [-0.05, 0) is 37.2 Å². The fourth-order valence-corrected chi connectivity index (χ4v) is 3.09. The number of hydrogen-bond acceptors (Lipinski definition) is 6. The molecule has 1 aliphatic rings. The number of piperidine rings is 1. The molecule has 0 radical (unpaired) electrons. The lowest BCUT2D eigenvalue weighted by Crippen LogP contribution is -2.34. The number of ether oxygens (including phenoxy) is 1. The minimum atomic E-state index is -0.726. The van der Waals surface area contributed by atoms with Gasteiger partial charge in [0.05, 0.1) is 16.2 Å². The molecule has 1 aliphatic heterocycles. The third-order valence-electron chi connectivity index (χ3n) is 4.91. The molecule has 8 nitrogen and oxygen atoms in total. The maximum atomic E-state index is 12.6. The van der Waals surface area contributed by atoms with Crippen molar-refractivity contribution in [3.8, 4) is 0 Å². The fourth-order valence-electron chi connectivity index (χ4n) is 3.09. The number of rotatable bonds is 8. The van der Waals surface area contributed by atoms with Crippen molar-refractivity contribution >= 4 is 23.3 Å². The standard InChI is InChI=1S/C20H29N3O5/c1-14(2)6-9-21-19(24)13-28-20(25)17-12-16(23(26)27)4-5-18(17)22-10-7-15(3)8-11-22/h4-5,12,14-15H,6-11,13H2,1-3H3,(H,21,24). The Balaban J connectivity index is 2.08. The van der Waals surface area contributed by atoms with Gasteiger partial charge in [-0.1, -0.05) is 20.8 Å². The Bertz CT molecular complexity index is 712. The maximum absolute atomic E-state index is 12.6. The number of carbonyl (C=O) groups excluding carboxylic acids is 2. The predicted octanol–water partition coefficient (Wildman–Crippen LogP) is 3.15. The number of nitrogens with zero attached hydrogens (tertiary/aromatic N) is 2. The van der Waals surface area contributed by atoms with Crippen molar-refractivity contribution in [2.24, 2.45) is 11.8 Å². The van der Waals surface area contributed by atoms with Crippen LogP contribution in [0.15, 0.2) is 18.2 Å². The van der Waals surface area contributed by atoms with Gasteiger partial charge in [-0.25, -0.2) is 4.79 Å². The Morgan fingerprint density at radius 1 is 1.32 bits per heavy atom. The molecule has 1 N–H and O–H groups in total. The molecule has 0 spiro atoms. The van der Waals surface area contributed by atoms with Crippen LogP contribution in [0, 0.1) is 22.0 Å². The van der Waals surface area contributed by atoms with E-state index >= 15 is 0 Å². The van der Waals surface area contributed by atoms with Gasteiger partial charge in [0, 0.05) is 31.8 Å². The Morgan fingerprint density at radius 3 is 2.61 bits per heavy atom. The highest BCUT2D eigenvalue weighted by molar-refractivity contribution is 5.97. The minimum Gasteiger partial charge on any atom is -0.452 e. The summed E-state index contributed by atoms with van der Waals surface area (Å²) in [7, 11) is 0. The van der Waals surface area contributed by atoms with Gasteiger partial charge in [0.25, 0.3) is 11.6 Å². The molecule has 0 saturated carbocycles. The third-order valence-corrected chi connectivity index (χ3v) is 4.91. The number of hydrogen-bond donors (Lipinski definition) is 1. The zero-order chi connectivity index (χ0) is 20.7. The number of benzene rings is 1. The number of non-ortho nitro benzene ring substituents is 1. The zero-order valence-corrected chi connectivity index (χ0v) is 16.8. The van der Waals surface area contributed by atoms with Crippen LogP contribution >= 0.6 is 0 Å². The van der Waals surface area contributed by atoms with Crippen molar-refractivity contribution in [2.75, 3.05) is 31.1 Å². The number of esters is 1. The van der Waals surface area contributed by atoms with Gasteiger partial charge in [-0.3, -0.25) is 14.9 Å². The average molecular weight is 391 g/mol. The van der Waals surface area contributed by atoms with Crippen molar-refractivity contribution in [1.29, 1.82) is 0 Å². The highest BCUT2D eigenvalue weighted by atomic mass is 16.6. The van der Waals surface area contributed by atoms with Gasteiger partial charge in [0.2, 0.25) is 0 Å². The van der Waals surface area contributed by atoms with E-state index in [2.05, 4.69) is 26.1 Å². The first kappa shape index (κ1) is 21.7. The summed E-state index contributed by atoms with van der Waals surface area (Å²) < 4.78 is 5.13. The summed E-state index contributed by atoms with van der Waals surface area (Å²) in [6, 6.07) is 4.21. The van der Waals surface area contributed by atoms with Gasteiger partial charge in [0.15, 0.2) is 6.61 Å². The number of nitrogens with one attached hydrogen (secondary N) is 1. The lowest BCUT2D eigenvalue weighted by Gasteiger charge is -2.33. The Labute approximate surface area is 165 Å². The summed E-state index contributed by atoms with van der Waals surface area (Å²) in [5, 5.41) is 13.8. The predicted molar refractivity (Wildman–Crippen MR) is 106 cm³/mol. The minimum absolute atomic E-state index is 0.124. The monoisotopic (exact) mass is 391 g/mol. The van der Waals surface area contributed by atoms with Gasteiger partial charge >= 0.3 is 5.97 Å². The topological polar surface area (TPSA) is 102 Å². The second kappa shape index (κ2) is 10.1. The fraction of sp³-hybridized carbons (Fsp3) is 0.600. The molecule has 154 valence electrons. The number of nitro benzene ring substituents is 1. The van der Waals surface area contributed by atoms with E-state index < -0.39 is 17.5 Å². The first-order valence-electron chi connectivity index (χ1n) is 9.75. The van der Waals surface area contributed by atoms with Crippen molar-refractivity contribution in [2.45, 2.75) is 40.0 Å². The summed E-state index contributed by atoms with van der Waals surface area (Å²) in [6.07, 6.45) is 2.82. The van der Waals surface area contributed by atoms with Crippen molar-refractivity contribution in [3.05, 3.63) is 33.9 Å². The molecular weight excluding hydrogens is 362 g/mol. The first-order chi connectivity index (χ1) is 13.3. The largest absolute Gasteiger partial charge is 0.452 e. The van der Waals surface area contributed by atoms with Crippen LogP contribution in [0.3, 0.4) is 0 Å². The maximum Gasteiger partial charge on any atom is 0.341 e. The quantitative estimate of drug-likeness (QED) is 0.415. The van der Waals surface area contributed by atoms with Crippen molar-refractivity contribution < 1.29 is 19.2 Å². The number of amides is 1. The van der Waals surface area contributed by atoms with Crippen LogP contribution in [0.25, 0.3) is 0 Å². The molecule has 28 heavy (non-hydrogen) atoms. The van der Waals surface area contributed by atoms with Gasteiger partial charge in [0.1, 0.15) is 0 Å². The van der Waals surface area contributed by atoms with Crippen LogP contribution in [0.4, 0.5) is 11.4 Å². The molecule has 0 bridgehead atoms. The molecule has 0 aromatic heterocycles. The van der Waals surface area contributed by atoms with Crippen LogP contribution in [0.5, 0.6) is 0 Å². The third kappa shape index (κ3) is 6.21. The second-order valence-corrected chi connectivity index (χ2v) is 7.74. The summed E-state index contributed by atoms with van der Waals surface area (Å²) in [5.74, 6) is -0.0362. The molecular formula is C20H29N3O5. The van der Waals surface area contributed by atoms with Gasteiger partial charge in [-0.15, -0.1) is 0 Å². The summed E-state index contributed by atoms with van der Waals surface area (Å²) in [4.78, 5) is 37.1. The zero-order valence-electron chi connectivity index (χ0n) is 16.8. The van der Waals surface area contributed by atoms with Crippen LogP contribution in [0.1, 0.15) is 50.4 Å². The number of carbonyl (C=O) groups is 2. The normalized spacial score (nSPS) is 14.8. The molecule has 1 aromatic carbocycles. The number of anilines is 1. The van der Waals surface area contributed by atoms with E-state index in [-0.39, 0.29) is 17.2 Å². The van der Waals surface area contributed by atoms with E-state index in [0.717, 1.165) is 32.4 Å². The molecule has 8 heteroatoms. The molecule has 0 aliphatic carbocycles. The second-order valence-electron chi connectivity index (χ2n) is 7.74. The first-order valence-corrected chi connectivity index (χ1v) is 9.75. The molecule has 0 unspecified atom stereocenters. The molecule has 0 atom stereocenters. The van der Waals surface area contributed by atoms with Crippen molar-refractivity contribution in [3.63, 3.8) is 0 Å². The van der Waals surface area contributed by atoms with Crippen LogP contribution in [0.2, 0.25) is 0 Å². The van der Waals surface area contributed by atoms with E-state index in [1.54, 1.807) is 6.07 Å². The van der Waals surface area contributed by atoms with E-state index in [1.165, 1.54) is 12.1 Å². The van der Waals surface area contributed by atoms with Crippen molar-refractivity contribution in [1.82, 2.24) is 5.32 Å². The highest BCUT2D eigenvalue weighted by Crippen LogP contribution is 2.29. The van der Waals surface area contributed by atoms with Gasteiger partial charge in [-0.2, -0.15) is 0 Å². The molecule has 1 heterocycles. The molecule has 1 fully saturated rings. The lowest BCUT2D eigenvalue weighted by atomic mass is 9.98. The van der Waals surface area contributed by atoms with E-state index in [0.29, 0.717) is 24.1 Å². The van der Waals surface area contributed by atoms with E-state index in [9.17, 15) is 19.7 Å².